The van der Waals surface area contributed by atoms with Gasteiger partial charge in [-0.15, -0.1) is 0 Å². The number of carbonyl (C=O) groups excluding carboxylic acids is 1. The number of anilines is 1. The second-order valence-corrected chi connectivity index (χ2v) is 5.01. The van der Waals surface area contributed by atoms with Gasteiger partial charge in [-0.2, -0.15) is 0 Å². The van der Waals surface area contributed by atoms with Crippen molar-refractivity contribution in [3.05, 3.63) is 57.5 Å². The molecule has 0 aliphatic heterocycles. The third kappa shape index (κ3) is 3.24. The first-order valence-electron chi connectivity index (χ1n) is 5.11. The first kappa shape index (κ1) is 12.9. The van der Waals surface area contributed by atoms with Crippen molar-refractivity contribution in [3.63, 3.8) is 0 Å². The highest BCUT2D eigenvalue weighted by Gasteiger charge is 2.08. The van der Waals surface area contributed by atoms with Crippen LogP contribution in [0.25, 0.3) is 0 Å². The molecule has 0 atom stereocenters. The van der Waals surface area contributed by atoms with Crippen molar-refractivity contribution in [2.75, 3.05) is 5.32 Å². The Kier molecular flexibility index (Phi) is 3.89. The molecular weight excluding hydrogens is 318 g/mol. The molecule has 2 aromatic rings. The van der Waals surface area contributed by atoms with Crippen LogP contribution in [0.2, 0.25) is 5.02 Å². The Morgan fingerprint density at radius 2 is 1.83 bits per heavy atom. The molecule has 0 aliphatic rings. The molecule has 0 bridgehead atoms. The number of hydrogen-bond acceptors (Lipinski definition) is 2. The number of rotatable bonds is 2. The number of aromatic hydroxyl groups is 1. The molecule has 2 aromatic carbocycles. The largest absolute Gasteiger partial charge is 0.508 e. The van der Waals surface area contributed by atoms with Crippen molar-refractivity contribution >= 4 is 39.1 Å². The van der Waals surface area contributed by atoms with E-state index in [1.807, 2.05) is 0 Å². The van der Waals surface area contributed by atoms with E-state index in [1.165, 1.54) is 12.1 Å². The molecule has 1 amide bonds. The van der Waals surface area contributed by atoms with Crippen LogP contribution >= 0.6 is 27.5 Å². The topological polar surface area (TPSA) is 49.3 Å². The van der Waals surface area contributed by atoms with Gasteiger partial charge in [0, 0.05) is 20.7 Å². The monoisotopic (exact) mass is 325 g/mol. The zero-order valence-corrected chi connectivity index (χ0v) is 11.5. The molecule has 0 heterocycles. The predicted octanol–water partition coefficient (Wildman–Crippen LogP) is 4.06. The molecule has 0 radical (unpaired) electrons. The zero-order chi connectivity index (χ0) is 13.1. The van der Waals surface area contributed by atoms with Crippen LogP contribution in [0.5, 0.6) is 5.75 Å². The van der Waals surface area contributed by atoms with Gasteiger partial charge in [0.1, 0.15) is 5.75 Å². The van der Waals surface area contributed by atoms with Gasteiger partial charge in [0.25, 0.3) is 5.91 Å². The minimum absolute atomic E-state index is 0.151. The second-order valence-electron chi connectivity index (χ2n) is 3.66. The molecule has 0 fully saturated rings. The fraction of sp³-hybridized carbons (Fsp3) is 0. The second kappa shape index (κ2) is 5.42. The fourth-order valence-corrected chi connectivity index (χ4v) is 2.29. The highest BCUT2D eigenvalue weighted by molar-refractivity contribution is 9.10. The number of carbonyl (C=O) groups is 1. The average molecular weight is 327 g/mol. The molecule has 18 heavy (non-hydrogen) atoms. The van der Waals surface area contributed by atoms with Crippen LogP contribution in [0.1, 0.15) is 10.4 Å². The lowest BCUT2D eigenvalue weighted by Gasteiger charge is -2.06. The molecule has 3 nitrogen and oxygen atoms in total. The van der Waals surface area contributed by atoms with Gasteiger partial charge in [-0.05, 0) is 42.5 Å². The molecular formula is C13H9BrClNO2. The molecule has 5 heteroatoms. The highest BCUT2D eigenvalue weighted by Crippen LogP contribution is 2.21. The summed E-state index contributed by atoms with van der Waals surface area (Å²) in [7, 11) is 0. The van der Waals surface area contributed by atoms with Crippen molar-refractivity contribution in [1.82, 2.24) is 0 Å². The van der Waals surface area contributed by atoms with Gasteiger partial charge in [0.05, 0.1) is 0 Å². The summed E-state index contributed by atoms with van der Waals surface area (Å²) in [5.41, 5.74) is 1.07. The minimum atomic E-state index is -0.260. The van der Waals surface area contributed by atoms with Crippen LogP contribution in [-0.4, -0.2) is 11.0 Å². The fourth-order valence-electron chi connectivity index (χ4n) is 1.43. The Hall–Kier alpha value is -1.52. The van der Waals surface area contributed by atoms with Gasteiger partial charge in [-0.25, -0.2) is 0 Å². The Labute approximate surface area is 118 Å². The molecule has 0 unspecified atom stereocenters. The van der Waals surface area contributed by atoms with E-state index in [4.69, 9.17) is 16.7 Å². The Bertz CT molecular complexity index is 564. The SMILES string of the molecule is O=C(Nc1ccc(O)cc1)c1cc(Cl)cc(Br)c1. The van der Waals surface area contributed by atoms with Crippen molar-refractivity contribution in [3.8, 4) is 5.75 Å². The quantitative estimate of drug-likeness (QED) is 0.818. The van der Waals surface area contributed by atoms with E-state index in [2.05, 4.69) is 21.2 Å². The molecule has 0 saturated carbocycles. The Morgan fingerprint density at radius 3 is 2.44 bits per heavy atom. The van der Waals surface area contributed by atoms with Crippen LogP contribution in [0.3, 0.4) is 0 Å². The summed E-state index contributed by atoms with van der Waals surface area (Å²) < 4.78 is 0.742. The van der Waals surface area contributed by atoms with E-state index in [9.17, 15) is 4.79 Å². The zero-order valence-electron chi connectivity index (χ0n) is 9.15. The van der Waals surface area contributed by atoms with Crippen molar-refractivity contribution < 1.29 is 9.90 Å². The number of benzene rings is 2. The van der Waals surface area contributed by atoms with E-state index in [0.29, 0.717) is 16.3 Å². The van der Waals surface area contributed by atoms with Gasteiger partial charge < -0.3 is 10.4 Å². The first-order valence-corrected chi connectivity index (χ1v) is 6.28. The van der Waals surface area contributed by atoms with Crippen LogP contribution in [-0.2, 0) is 0 Å². The summed E-state index contributed by atoms with van der Waals surface area (Å²) >= 11 is 9.15. The van der Waals surface area contributed by atoms with Crippen LogP contribution < -0.4 is 5.32 Å². The maximum absolute atomic E-state index is 12.0. The van der Waals surface area contributed by atoms with Gasteiger partial charge in [0.15, 0.2) is 0 Å². The number of amides is 1. The maximum Gasteiger partial charge on any atom is 0.255 e. The number of hydrogen-bond donors (Lipinski definition) is 2. The Morgan fingerprint density at radius 1 is 1.17 bits per heavy atom. The predicted molar refractivity (Wildman–Crippen MR) is 75.2 cm³/mol. The maximum atomic E-state index is 12.0. The van der Waals surface area contributed by atoms with Crippen molar-refractivity contribution in [2.24, 2.45) is 0 Å². The summed E-state index contributed by atoms with van der Waals surface area (Å²) in [6.07, 6.45) is 0. The smallest absolute Gasteiger partial charge is 0.255 e. The van der Waals surface area contributed by atoms with Gasteiger partial charge >= 0.3 is 0 Å². The summed E-state index contributed by atoms with van der Waals surface area (Å²) in [5, 5.41) is 12.3. The molecule has 0 aliphatic carbocycles. The number of phenols is 1. The number of nitrogens with one attached hydrogen (secondary N) is 1. The summed E-state index contributed by atoms with van der Waals surface area (Å²) in [5.74, 6) is -0.109. The highest BCUT2D eigenvalue weighted by atomic mass is 79.9. The molecule has 0 spiro atoms. The lowest BCUT2D eigenvalue weighted by molar-refractivity contribution is 0.102. The third-order valence-electron chi connectivity index (χ3n) is 2.25. The van der Waals surface area contributed by atoms with Crippen LogP contribution in [0.15, 0.2) is 46.9 Å². The summed E-state index contributed by atoms with van der Waals surface area (Å²) in [4.78, 5) is 12.0. The van der Waals surface area contributed by atoms with Gasteiger partial charge in [-0.3, -0.25) is 4.79 Å². The van der Waals surface area contributed by atoms with Crippen molar-refractivity contribution in [1.29, 1.82) is 0 Å². The van der Waals surface area contributed by atoms with Crippen LogP contribution in [0.4, 0.5) is 5.69 Å². The molecule has 0 aromatic heterocycles. The van der Waals surface area contributed by atoms with E-state index in [1.54, 1.807) is 30.3 Å². The Balaban J connectivity index is 2.19. The summed E-state index contributed by atoms with van der Waals surface area (Å²) in [6.45, 7) is 0. The van der Waals surface area contributed by atoms with E-state index < -0.39 is 0 Å². The average Bonchev–Trinajstić information content (AvgIpc) is 2.31. The summed E-state index contributed by atoms with van der Waals surface area (Å²) in [6, 6.07) is 11.2. The van der Waals surface area contributed by atoms with Crippen molar-refractivity contribution in [2.45, 2.75) is 0 Å². The standard InChI is InChI=1S/C13H9BrClNO2/c14-9-5-8(6-10(15)7-9)13(18)16-11-1-3-12(17)4-2-11/h1-7,17H,(H,16,18). The third-order valence-corrected chi connectivity index (χ3v) is 2.93. The lowest BCUT2D eigenvalue weighted by atomic mass is 10.2. The normalized spacial score (nSPS) is 10.1. The number of halogens is 2. The van der Waals surface area contributed by atoms with E-state index >= 15 is 0 Å². The number of phenolic OH excluding ortho intramolecular Hbond substituents is 1. The van der Waals surface area contributed by atoms with Gasteiger partial charge in [0.2, 0.25) is 0 Å². The first-order chi connectivity index (χ1) is 8.54. The molecule has 2 N–H and O–H groups in total. The van der Waals surface area contributed by atoms with E-state index in [-0.39, 0.29) is 11.7 Å². The lowest BCUT2D eigenvalue weighted by Crippen LogP contribution is -2.11. The van der Waals surface area contributed by atoms with Crippen LogP contribution in [0, 0.1) is 0 Å². The molecule has 2 rings (SSSR count). The minimum Gasteiger partial charge on any atom is -0.508 e. The molecule has 0 saturated heterocycles. The van der Waals surface area contributed by atoms with Gasteiger partial charge in [-0.1, -0.05) is 27.5 Å². The molecule has 92 valence electrons. The van der Waals surface area contributed by atoms with E-state index in [0.717, 1.165) is 4.47 Å².